The van der Waals surface area contributed by atoms with Crippen molar-refractivity contribution in [2.75, 3.05) is 18.5 Å². The Kier molecular flexibility index (Phi) is 3.49. The minimum absolute atomic E-state index is 0.959. The summed E-state index contributed by atoms with van der Waals surface area (Å²) in [5.74, 6) is 1.01. The van der Waals surface area contributed by atoms with E-state index in [1.807, 2.05) is 48.9 Å². The molecule has 2 aromatic heterocycles. The van der Waals surface area contributed by atoms with Crippen LogP contribution in [0.1, 0.15) is 5.56 Å². The van der Waals surface area contributed by atoms with Crippen molar-refractivity contribution in [3.05, 3.63) is 54.5 Å². The highest BCUT2D eigenvalue weighted by atomic mass is 15.2. The third kappa shape index (κ3) is 2.79. The largest absolute Gasteiger partial charge is 0.359 e. The van der Waals surface area contributed by atoms with Crippen molar-refractivity contribution in [1.29, 1.82) is 0 Å². The quantitative estimate of drug-likeness (QED) is 0.779. The van der Waals surface area contributed by atoms with E-state index in [9.17, 15) is 0 Å². The fraction of sp³-hybridized carbons (Fsp3) is 0.231. The third-order valence-electron chi connectivity index (χ3n) is 2.53. The van der Waals surface area contributed by atoms with Gasteiger partial charge in [0.25, 0.3) is 0 Å². The molecule has 0 spiro atoms. The molecule has 82 valence electrons. The molecule has 0 fully saturated rings. The first kappa shape index (κ1) is 10.6. The molecule has 0 radical (unpaired) electrons. The van der Waals surface area contributed by atoms with Crippen LogP contribution in [0, 0.1) is 0 Å². The average Bonchev–Trinajstić information content (AvgIpc) is 2.38. The normalized spacial score (nSPS) is 10.1. The summed E-state index contributed by atoms with van der Waals surface area (Å²) in [6.45, 7) is 0.959. The molecular formula is C13H15N3. The molecule has 2 aromatic rings. The van der Waals surface area contributed by atoms with Gasteiger partial charge < -0.3 is 4.90 Å². The lowest BCUT2D eigenvalue weighted by molar-refractivity contribution is 0.858. The first-order valence-corrected chi connectivity index (χ1v) is 5.37. The fourth-order valence-corrected chi connectivity index (χ4v) is 1.54. The Bertz CT molecular complexity index is 414. The Morgan fingerprint density at radius 3 is 2.56 bits per heavy atom. The maximum atomic E-state index is 4.30. The Hall–Kier alpha value is -1.90. The first-order valence-electron chi connectivity index (χ1n) is 5.37. The van der Waals surface area contributed by atoms with Crippen LogP contribution >= 0.6 is 0 Å². The number of aromatic nitrogens is 2. The van der Waals surface area contributed by atoms with Crippen molar-refractivity contribution in [2.45, 2.75) is 6.42 Å². The summed E-state index contributed by atoms with van der Waals surface area (Å²) in [5, 5.41) is 0. The lowest BCUT2D eigenvalue weighted by Crippen LogP contribution is -2.21. The van der Waals surface area contributed by atoms with E-state index in [1.165, 1.54) is 5.56 Å². The summed E-state index contributed by atoms with van der Waals surface area (Å²) >= 11 is 0. The summed E-state index contributed by atoms with van der Waals surface area (Å²) in [6, 6.07) is 10.1. The molecule has 3 nitrogen and oxygen atoms in total. The number of nitrogens with zero attached hydrogens (tertiary/aromatic N) is 3. The number of pyridine rings is 2. The summed E-state index contributed by atoms with van der Waals surface area (Å²) in [5.41, 5.74) is 1.30. The van der Waals surface area contributed by atoms with Crippen LogP contribution in [0.4, 0.5) is 5.82 Å². The predicted molar refractivity (Wildman–Crippen MR) is 65.4 cm³/mol. The number of hydrogen-bond donors (Lipinski definition) is 0. The second kappa shape index (κ2) is 5.26. The highest BCUT2D eigenvalue weighted by Gasteiger charge is 2.01. The lowest BCUT2D eigenvalue weighted by Gasteiger charge is -2.17. The average molecular weight is 213 g/mol. The van der Waals surface area contributed by atoms with E-state index in [1.54, 1.807) is 0 Å². The molecule has 0 aliphatic heterocycles. The molecule has 0 aliphatic rings. The topological polar surface area (TPSA) is 29.0 Å². The van der Waals surface area contributed by atoms with Gasteiger partial charge in [-0.2, -0.15) is 0 Å². The zero-order valence-electron chi connectivity index (χ0n) is 9.37. The van der Waals surface area contributed by atoms with Crippen molar-refractivity contribution < 1.29 is 0 Å². The van der Waals surface area contributed by atoms with Crippen LogP contribution in [-0.2, 0) is 6.42 Å². The molecule has 0 atom stereocenters. The monoisotopic (exact) mass is 213 g/mol. The molecule has 0 N–H and O–H groups in total. The van der Waals surface area contributed by atoms with Crippen molar-refractivity contribution in [3.8, 4) is 0 Å². The van der Waals surface area contributed by atoms with Gasteiger partial charge in [-0.05, 0) is 36.2 Å². The summed E-state index contributed by atoms with van der Waals surface area (Å²) in [7, 11) is 2.06. The van der Waals surface area contributed by atoms with E-state index in [0.717, 1.165) is 18.8 Å². The maximum absolute atomic E-state index is 4.30. The van der Waals surface area contributed by atoms with Gasteiger partial charge in [0.2, 0.25) is 0 Å². The molecule has 0 unspecified atom stereocenters. The van der Waals surface area contributed by atoms with Crippen LogP contribution < -0.4 is 4.90 Å². The Morgan fingerprint density at radius 1 is 1.06 bits per heavy atom. The smallest absolute Gasteiger partial charge is 0.128 e. The SMILES string of the molecule is CN(CCc1ccncc1)c1ccccn1. The van der Waals surface area contributed by atoms with E-state index in [4.69, 9.17) is 0 Å². The van der Waals surface area contributed by atoms with E-state index in [0.29, 0.717) is 0 Å². The molecule has 16 heavy (non-hydrogen) atoms. The molecule has 2 heterocycles. The fourth-order valence-electron chi connectivity index (χ4n) is 1.54. The number of likely N-dealkylation sites (N-methyl/N-ethyl adjacent to an activating group) is 1. The summed E-state index contributed by atoms with van der Waals surface area (Å²) in [6.07, 6.45) is 6.49. The second-order valence-corrected chi connectivity index (χ2v) is 3.71. The zero-order valence-corrected chi connectivity index (χ0v) is 9.37. The Labute approximate surface area is 95.8 Å². The molecule has 0 aliphatic carbocycles. The van der Waals surface area contributed by atoms with E-state index in [-0.39, 0.29) is 0 Å². The van der Waals surface area contributed by atoms with E-state index in [2.05, 4.69) is 21.9 Å². The van der Waals surface area contributed by atoms with Crippen LogP contribution in [-0.4, -0.2) is 23.6 Å². The summed E-state index contributed by atoms with van der Waals surface area (Å²) in [4.78, 5) is 10.5. The minimum Gasteiger partial charge on any atom is -0.359 e. The van der Waals surface area contributed by atoms with Gasteiger partial charge in [0, 0.05) is 32.2 Å². The summed E-state index contributed by atoms with van der Waals surface area (Å²) < 4.78 is 0. The van der Waals surface area contributed by atoms with E-state index < -0.39 is 0 Å². The zero-order chi connectivity index (χ0) is 11.2. The van der Waals surface area contributed by atoms with Gasteiger partial charge in [0.1, 0.15) is 5.82 Å². The predicted octanol–water partition coefficient (Wildman–Crippen LogP) is 2.16. The van der Waals surface area contributed by atoms with Crippen LogP contribution in [0.15, 0.2) is 48.9 Å². The van der Waals surface area contributed by atoms with Crippen LogP contribution in [0.3, 0.4) is 0 Å². The number of anilines is 1. The van der Waals surface area contributed by atoms with Crippen molar-refractivity contribution in [1.82, 2.24) is 9.97 Å². The molecule has 0 saturated heterocycles. The van der Waals surface area contributed by atoms with Gasteiger partial charge in [0.05, 0.1) is 0 Å². The van der Waals surface area contributed by atoms with Crippen LogP contribution in [0.2, 0.25) is 0 Å². The maximum Gasteiger partial charge on any atom is 0.128 e. The van der Waals surface area contributed by atoms with Crippen LogP contribution in [0.5, 0.6) is 0 Å². The Morgan fingerprint density at radius 2 is 1.88 bits per heavy atom. The number of rotatable bonds is 4. The molecule has 0 amide bonds. The van der Waals surface area contributed by atoms with Gasteiger partial charge in [-0.15, -0.1) is 0 Å². The van der Waals surface area contributed by atoms with Crippen molar-refractivity contribution in [3.63, 3.8) is 0 Å². The second-order valence-electron chi connectivity index (χ2n) is 3.71. The van der Waals surface area contributed by atoms with Gasteiger partial charge in [-0.3, -0.25) is 4.98 Å². The number of hydrogen-bond acceptors (Lipinski definition) is 3. The third-order valence-corrected chi connectivity index (χ3v) is 2.53. The standard InChI is InChI=1S/C13H15N3/c1-16(13-4-2-3-8-15-13)11-7-12-5-9-14-10-6-12/h2-6,8-10H,7,11H2,1H3. The molecule has 0 saturated carbocycles. The van der Waals surface area contributed by atoms with Crippen LogP contribution in [0.25, 0.3) is 0 Å². The van der Waals surface area contributed by atoms with E-state index >= 15 is 0 Å². The van der Waals surface area contributed by atoms with Crippen molar-refractivity contribution >= 4 is 5.82 Å². The molecular weight excluding hydrogens is 198 g/mol. The van der Waals surface area contributed by atoms with Gasteiger partial charge in [0.15, 0.2) is 0 Å². The highest BCUT2D eigenvalue weighted by molar-refractivity contribution is 5.36. The van der Waals surface area contributed by atoms with Gasteiger partial charge in [-0.25, -0.2) is 4.98 Å². The first-order chi connectivity index (χ1) is 7.86. The molecule has 2 rings (SSSR count). The lowest BCUT2D eigenvalue weighted by atomic mass is 10.2. The molecule has 0 aromatic carbocycles. The van der Waals surface area contributed by atoms with Crippen molar-refractivity contribution in [2.24, 2.45) is 0 Å². The van der Waals surface area contributed by atoms with Gasteiger partial charge >= 0.3 is 0 Å². The van der Waals surface area contributed by atoms with Gasteiger partial charge in [-0.1, -0.05) is 6.07 Å². The molecule has 0 bridgehead atoms. The highest BCUT2D eigenvalue weighted by Crippen LogP contribution is 2.07. The molecule has 3 heteroatoms. The Balaban J connectivity index is 1.92. The minimum atomic E-state index is 0.959.